The van der Waals surface area contributed by atoms with E-state index in [9.17, 15) is 9.18 Å². The second-order valence-corrected chi connectivity index (χ2v) is 7.26. The lowest BCUT2D eigenvalue weighted by Crippen LogP contribution is -2.30. The number of Topliss-reactive ketones (excluding diaryl/α,β-unsaturated/α-hetero) is 1. The zero-order valence-electron chi connectivity index (χ0n) is 10.4. The molecule has 0 saturated carbocycles. The molecule has 2 heterocycles. The highest BCUT2D eigenvalue weighted by Gasteiger charge is 2.31. The third-order valence-electron chi connectivity index (χ3n) is 3.17. The maximum absolute atomic E-state index is 13.1. The maximum atomic E-state index is 13.1. The summed E-state index contributed by atoms with van der Waals surface area (Å²) >= 11 is 3.50. The van der Waals surface area contributed by atoms with Crippen LogP contribution in [0.5, 0.6) is 0 Å². The van der Waals surface area contributed by atoms with Gasteiger partial charge >= 0.3 is 0 Å². The molecule has 1 aliphatic heterocycles. The smallest absolute Gasteiger partial charge is 0.212 e. The average molecular weight is 296 g/mol. The van der Waals surface area contributed by atoms with Crippen LogP contribution in [-0.4, -0.2) is 27.8 Å². The first-order valence-electron chi connectivity index (χ1n) is 6.11. The van der Waals surface area contributed by atoms with Crippen LogP contribution in [0.3, 0.4) is 0 Å². The van der Waals surface area contributed by atoms with Crippen LogP contribution in [0.25, 0.3) is 11.0 Å². The van der Waals surface area contributed by atoms with Crippen molar-refractivity contribution in [2.45, 2.75) is 17.4 Å². The minimum atomic E-state index is -0.316. The third-order valence-corrected chi connectivity index (χ3v) is 6.26. The number of benzene rings is 1. The van der Waals surface area contributed by atoms with Crippen LogP contribution >= 0.6 is 23.5 Å². The number of carbonyl (C=O) groups excluding carboxylic acids is 1. The zero-order valence-corrected chi connectivity index (χ0v) is 12.0. The van der Waals surface area contributed by atoms with E-state index in [0.29, 0.717) is 16.7 Å². The number of fused-ring (bicyclic) bond motifs is 1. The van der Waals surface area contributed by atoms with Crippen LogP contribution in [0, 0.1) is 5.82 Å². The van der Waals surface area contributed by atoms with Crippen molar-refractivity contribution in [2.75, 3.05) is 11.5 Å². The van der Waals surface area contributed by atoms with Gasteiger partial charge in [0, 0.05) is 22.1 Å². The molecule has 2 nitrogen and oxygen atoms in total. The van der Waals surface area contributed by atoms with Crippen molar-refractivity contribution in [1.82, 2.24) is 0 Å². The molecule has 19 heavy (non-hydrogen) atoms. The summed E-state index contributed by atoms with van der Waals surface area (Å²) in [6.45, 7) is 2.07. The van der Waals surface area contributed by atoms with E-state index in [1.165, 1.54) is 12.1 Å². The molecule has 1 aromatic carbocycles. The first kappa shape index (κ1) is 13.1. The van der Waals surface area contributed by atoms with Crippen LogP contribution in [-0.2, 0) is 0 Å². The fourth-order valence-corrected chi connectivity index (χ4v) is 4.90. The number of carbonyl (C=O) groups is 1. The molecule has 0 aliphatic carbocycles. The Hall–Kier alpha value is -0.940. The minimum Gasteiger partial charge on any atom is -0.453 e. The van der Waals surface area contributed by atoms with Crippen molar-refractivity contribution >= 4 is 40.3 Å². The van der Waals surface area contributed by atoms with Gasteiger partial charge in [0.15, 0.2) is 5.76 Å². The number of furan rings is 1. The number of rotatable bonds is 2. The van der Waals surface area contributed by atoms with Crippen LogP contribution in [0.4, 0.5) is 4.39 Å². The van der Waals surface area contributed by atoms with E-state index in [1.54, 1.807) is 23.9 Å². The molecule has 5 heteroatoms. The summed E-state index contributed by atoms with van der Waals surface area (Å²) < 4.78 is 18.7. The summed E-state index contributed by atoms with van der Waals surface area (Å²) in [5, 5.41) is 0.866. The molecule has 1 aliphatic rings. The summed E-state index contributed by atoms with van der Waals surface area (Å²) in [7, 11) is 0. The van der Waals surface area contributed by atoms with E-state index >= 15 is 0 Å². The quantitative estimate of drug-likeness (QED) is 0.784. The largest absolute Gasteiger partial charge is 0.453 e. The SMILES string of the molecule is CC1SCCSC1C(=O)c1cc2cc(F)ccc2o1. The maximum Gasteiger partial charge on any atom is 0.212 e. The Morgan fingerprint density at radius 3 is 2.89 bits per heavy atom. The zero-order chi connectivity index (χ0) is 13.4. The first-order chi connectivity index (χ1) is 9.15. The highest BCUT2D eigenvalue weighted by molar-refractivity contribution is 8.07. The number of hydrogen-bond acceptors (Lipinski definition) is 4. The monoisotopic (exact) mass is 296 g/mol. The molecule has 100 valence electrons. The molecule has 0 amide bonds. The van der Waals surface area contributed by atoms with E-state index in [1.807, 2.05) is 11.8 Å². The van der Waals surface area contributed by atoms with E-state index in [4.69, 9.17) is 4.42 Å². The van der Waals surface area contributed by atoms with E-state index < -0.39 is 0 Å². The highest BCUT2D eigenvalue weighted by atomic mass is 32.2. The van der Waals surface area contributed by atoms with Gasteiger partial charge in [-0.05, 0) is 24.3 Å². The van der Waals surface area contributed by atoms with Gasteiger partial charge in [0.1, 0.15) is 11.4 Å². The van der Waals surface area contributed by atoms with Gasteiger partial charge < -0.3 is 4.42 Å². The van der Waals surface area contributed by atoms with Crippen molar-refractivity contribution < 1.29 is 13.6 Å². The van der Waals surface area contributed by atoms with E-state index in [0.717, 1.165) is 11.5 Å². The number of hydrogen-bond donors (Lipinski definition) is 0. The number of halogens is 1. The Kier molecular flexibility index (Phi) is 3.58. The highest BCUT2D eigenvalue weighted by Crippen LogP contribution is 2.34. The van der Waals surface area contributed by atoms with Gasteiger partial charge in [-0.25, -0.2) is 4.39 Å². The van der Waals surface area contributed by atoms with Gasteiger partial charge in [0.2, 0.25) is 5.78 Å². The normalized spacial score (nSPS) is 23.7. The Morgan fingerprint density at radius 2 is 2.11 bits per heavy atom. The van der Waals surface area contributed by atoms with Crippen LogP contribution in [0.15, 0.2) is 28.7 Å². The van der Waals surface area contributed by atoms with Crippen LogP contribution < -0.4 is 0 Å². The van der Waals surface area contributed by atoms with Gasteiger partial charge in [-0.3, -0.25) is 4.79 Å². The van der Waals surface area contributed by atoms with Gasteiger partial charge in [-0.1, -0.05) is 6.92 Å². The first-order valence-corrected chi connectivity index (χ1v) is 8.21. The van der Waals surface area contributed by atoms with Crippen molar-refractivity contribution in [1.29, 1.82) is 0 Å². The lowest BCUT2D eigenvalue weighted by atomic mass is 10.1. The molecule has 0 radical (unpaired) electrons. The fourth-order valence-electron chi connectivity index (χ4n) is 2.20. The number of thioether (sulfide) groups is 2. The topological polar surface area (TPSA) is 30.2 Å². The summed E-state index contributed by atoms with van der Waals surface area (Å²) in [4.78, 5) is 12.4. The Morgan fingerprint density at radius 1 is 1.32 bits per heavy atom. The second-order valence-electron chi connectivity index (χ2n) is 4.52. The molecule has 0 bridgehead atoms. The predicted molar refractivity (Wildman–Crippen MR) is 78.7 cm³/mol. The lowest BCUT2D eigenvalue weighted by Gasteiger charge is -2.25. The Balaban J connectivity index is 1.92. The number of ketones is 1. The molecule has 2 aromatic rings. The molecular formula is C14H13FO2S2. The Bertz CT molecular complexity index is 623. The molecule has 3 rings (SSSR count). The van der Waals surface area contributed by atoms with Crippen molar-refractivity contribution in [3.05, 3.63) is 35.8 Å². The summed E-state index contributed by atoms with van der Waals surface area (Å²) in [6.07, 6.45) is 0. The summed E-state index contributed by atoms with van der Waals surface area (Å²) in [5.41, 5.74) is 0.561. The molecule has 0 N–H and O–H groups in total. The minimum absolute atomic E-state index is 0.0151. The molecule has 2 unspecified atom stereocenters. The van der Waals surface area contributed by atoms with Crippen LogP contribution in [0.2, 0.25) is 0 Å². The van der Waals surface area contributed by atoms with Crippen molar-refractivity contribution in [3.8, 4) is 0 Å². The van der Waals surface area contributed by atoms with Crippen molar-refractivity contribution in [3.63, 3.8) is 0 Å². The molecule has 2 atom stereocenters. The molecule has 0 spiro atoms. The van der Waals surface area contributed by atoms with E-state index in [-0.39, 0.29) is 22.1 Å². The van der Waals surface area contributed by atoms with Gasteiger partial charge in [-0.15, -0.1) is 11.8 Å². The van der Waals surface area contributed by atoms with Gasteiger partial charge in [0.25, 0.3) is 0 Å². The predicted octanol–water partition coefficient (Wildman–Crippen LogP) is 3.99. The standard InChI is InChI=1S/C14H13FO2S2/c1-8-14(19-5-4-18-8)13(16)12-7-9-6-10(15)2-3-11(9)17-12/h2-3,6-8,14H,4-5H2,1H3. The van der Waals surface area contributed by atoms with Crippen molar-refractivity contribution in [2.24, 2.45) is 0 Å². The van der Waals surface area contributed by atoms with Gasteiger partial charge in [-0.2, -0.15) is 11.8 Å². The summed E-state index contributed by atoms with van der Waals surface area (Å²) in [5.74, 6) is 2.11. The van der Waals surface area contributed by atoms with E-state index in [2.05, 4.69) is 6.92 Å². The second kappa shape index (κ2) is 5.21. The molecule has 1 saturated heterocycles. The van der Waals surface area contributed by atoms with Crippen LogP contribution in [0.1, 0.15) is 17.5 Å². The average Bonchev–Trinajstić information content (AvgIpc) is 2.81. The lowest BCUT2D eigenvalue weighted by molar-refractivity contribution is 0.0965. The summed E-state index contributed by atoms with van der Waals surface area (Å²) in [6, 6.07) is 5.94. The molecule has 1 aromatic heterocycles. The third kappa shape index (κ3) is 2.54. The fraction of sp³-hybridized carbons (Fsp3) is 0.357. The molecular weight excluding hydrogens is 283 g/mol. The van der Waals surface area contributed by atoms with Gasteiger partial charge in [0.05, 0.1) is 5.25 Å². The molecule has 1 fully saturated rings. The Labute approximate surface area is 119 Å².